The Hall–Kier alpha value is -3.20. The Bertz CT molecular complexity index is 1380. The first-order valence-corrected chi connectivity index (χ1v) is 14.2. The summed E-state index contributed by atoms with van der Waals surface area (Å²) in [5, 5.41) is 9.62. The van der Waals surface area contributed by atoms with E-state index in [-0.39, 0.29) is 10.8 Å². The molecule has 4 rings (SSSR count). The van der Waals surface area contributed by atoms with Crippen LogP contribution in [0, 0.1) is 12.8 Å². The Labute approximate surface area is 230 Å². The summed E-state index contributed by atoms with van der Waals surface area (Å²) in [6.45, 7) is 20.3. The summed E-state index contributed by atoms with van der Waals surface area (Å²) >= 11 is 0. The van der Waals surface area contributed by atoms with Crippen LogP contribution in [0.1, 0.15) is 90.7 Å². The lowest BCUT2D eigenvalue weighted by Crippen LogP contribution is -2.23. The molecule has 200 valence electrons. The molecule has 0 saturated heterocycles. The van der Waals surface area contributed by atoms with Gasteiger partial charge in [0.25, 0.3) is 0 Å². The lowest BCUT2D eigenvalue weighted by atomic mass is 9.86. The van der Waals surface area contributed by atoms with Crippen molar-refractivity contribution in [3.8, 4) is 28.2 Å². The molecule has 38 heavy (non-hydrogen) atoms. The van der Waals surface area contributed by atoms with E-state index in [1.165, 1.54) is 27.8 Å². The molecule has 0 unspecified atom stereocenters. The molecule has 0 N–H and O–H groups in total. The minimum absolute atomic E-state index is 0.0938. The summed E-state index contributed by atoms with van der Waals surface area (Å²) in [4.78, 5) is 0. The van der Waals surface area contributed by atoms with Crippen LogP contribution in [0.15, 0.2) is 66.7 Å². The molecule has 0 spiro atoms. The fourth-order valence-corrected chi connectivity index (χ4v) is 5.43. The number of hydrogen-bond acceptors (Lipinski definition) is 2. The minimum atomic E-state index is -0.0938. The third-order valence-electron chi connectivity index (χ3n) is 7.49. The van der Waals surface area contributed by atoms with Crippen molar-refractivity contribution in [3.05, 3.63) is 89.2 Å². The molecular formula is C35H45N3. The normalized spacial score (nSPS) is 12.4. The van der Waals surface area contributed by atoms with Crippen LogP contribution in [0.2, 0.25) is 0 Å². The number of benzene rings is 3. The largest absolute Gasteiger partial charge is 0.278 e. The van der Waals surface area contributed by atoms with Gasteiger partial charge in [0, 0.05) is 11.0 Å². The fraction of sp³-hybridized carbons (Fsp3) is 0.429. The highest BCUT2D eigenvalue weighted by molar-refractivity contribution is 5.68. The van der Waals surface area contributed by atoms with Gasteiger partial charge in [0.15, 0.2) is 5.82 Å². The quantitative estimate of drug-likeness (QED) is 0.238. The molecule has 0 fully saturated rings. The number of aromatic nitrogens is 3. The van der Waals surface area contributed by atoms with Crippen molar-refractivity contribution in [1.82, 2.24) is 14.8 Å². The Kier molecular flexibility index (Phi) is 7.97. The molecule has 0 radical (unpaired) electrons. The topological polar surface area (TPSA) is 30.7 Å². The number of aryl methyl sites for hydroxylation is 1. The standard InChI is InChI=1S/C35H45N3/c1-10-20-35(8,9)33-37-36-32(29-13-11-12-26(23-29)21-24(2)3)38(33)31-19-16-28(22-25(31)4)27-14-17-30(18-15-27)34(5,6)7/h11-19,22-24H,10,20-21H2,1-9H3. The van der Waals surface area contributed by atoms with Crippen molar-refractivity contribution in [3.63, 3.8) is 0 Å². The zero-order valence-electron chi connectivity index (χ0n) is 24.9. The molecule has 1 aromatic heterocycles. The molecular weight excluding hydrogens is 462 g/mol. The molecule has 0 saturated carbocycles. The summed E-state index contributed by atoms with van der Waals surface area (Å²) in [7, 11) is 0. The Morgan fingerprint density at radius 1 is 0.789 bits per heavy atom. The molecule has 3 aromatic carbocycles. The summed E-state index contributed by atoms with van der Waals surface area (Å²) in [5.74, 6) is 2.54. The summed E-state index contributed by atoms with van der Waals surface area (Å²) in [6.07, 6.45) is 3.20. The average molecular weight is 508 g/mol. The second kappa shape index (κ2) is 10.9. The molecule has 0 aliphatic heterocycles. The van der Waals surface area contributed by atoms with Crippen molar-refractivity contribution in [2.24, 2.45) is 5.92 Å². The maximum Gasteiger partial charge on any atom is 0.168 e. The van der Waals surface area contributed by atoms with Gasteiger partial charge in [0.2, 0.25) is 0 Å². The Morgan fingerprint density at radius 3 is 2.08 bits per heavy atom. The van der Waals surface area contributed by atoms with Crippen LogP contribution in [0.4, 0.5) is 0 Å². The van der Waals surface area contributed by atoms with Crippen LogP contribution in [0.25, 0.3) is 28.2 Å². The lowest BCUT2D eigenvalue weighted by molar-refractivity contribution is 0.437. The monoisotopic (exact) mass is 507 g/mol. The predicted molar refractivity (Wildman–Crippen MR) is 162 cm³/mol. The highest BCUT2D eigenvalue weighted by atomic mass is 15.3. The maximum absolute atomic E-state index is 4.82. The Balaban J connectivity index is 1.83. The van der Waals surface area contributed by atoms with Gasteiger partial charge in [-0.2, -0.15) is 0 Å². The van der Waals surface area contributed by atoms with Gasteiger partial charge >= 0.3 is 0 Å². The molecule has 0 amide bonds. The Morgan fingerprint density at radius 2 is 1.47 bits per heavy atom. The van der Waals surface area contributed by atoms with E-state index in [0.717, 1.165) is 42.2 Å². The van der Waals surface area contributed by atoms with Crippen molar-refractivity contribution < 1.29 is 0 Å². The van der Waals surface area contributed by atoms with E-state index >= 15 is 0 Å². The lowest BCUT2D eigenvalue weighted by Gasteiger charge is -2.25. The highest BCUT2D eigenvalue weighted by Crippen LogP contribution is 2.35. The number of hydrogen-bond donors (Lipinski definition) is 0. The van der Waals surface area contributed by atoms with Gasteiger partial charge in [0.05, 0.1) is 5.69 Å². The van der Waals surface area contributed by atoms with Crippen molar-refractivity contribution in [1.29, 1.82) is 0 Å². The second-order valence-electron chi connectivity index (χ2n) is 12.9. The van der Waals surface area contributed by atoms with Gasteiger partial charge in [-0.05, 0) is 77.1 Å². The van der Waals surface area contributed by atoms with Crippen LogP contribution < -0.4 is 0 Å². The zero-order chi connectivity index (χ0) is 27.7. The van der Waals surface area contributed by atoms with Crippen molar-refractivity contribution >= 4 is 0 Å². The average Bonchev–Trinajstić information content (AvgIpc) is 3.29. The first-order chi connectivity index (χ1) is 17.9. The highest BCUT2D eigenvalue weighted by Gasteiger charge is 2.29. The third-order valence-corrected chi connectivity index (χ3v) is 7.49. The van der Waals surface area contributed by atoms with E-state index in [0.29, 0.717) is 5.92 Å². The van der Waals surface area contributed by atoms with Gasteiger partial charge < -0.3 is 0 Å². The van der Waals surface area contributed by atoms with Crippen LogP contribution in [0.3, 0.4) is 0 Å². The fourth-order valence-electron chi connectivity index (χ4n) is 5.43. The number of nitrogens with zero attached hydrogens (tertiary/aromatic N) is 3. The molecule has 3 heteroatoms. The van der Waals surface area contributed by atoms with Gasteiger partial charge in [-0.15, -0.1) is 10.2 Å². The minimum Gasteiger partial charge on any atom is -0.278 e. The molecule has 1 heterocycles. The van der Waals surface area contributed by atoms with Crippen LogP contribution in [-0.4, -0.2) is 14.8 Å². The van der Waals surface area contributed by atoms with E-state index in [1.54, 1.807) is 0 Å². The van der Waals surface area contributed by atoms with E-state index in [9.17, 15) is 0 Å². The molecule has 0 aliphatic rings. The maximum atomic E-state index is 4.82. The van der Waals surface area contributed by atoms with E-state index in [1.807, 2.05) is 0 Å². The molecule has 0 aliphatic carbocycles. The van der Waals surface area contributed by atoms with Gasteiger partial charge in [-0.25, -0.2) is 0 Å². The van der Waals surface area contributed by atoms with Gasteiger partial charge in [-0.3, -0.25) is 4.57 Å². The van der Waals surface area contributed by atoms with Crippen molar-refractivity contribution in [2.75, 3.05) is 0 Å². The molecule has 3 nitrogen and oxygen atoms in total. The van der Waals surface area contributed by atoms with Crippen LogP contribution >= 0.6 is 0 Å². The SMILES string of the molecule is CCCC(C)(C)c1nnc(-c2cccc(CC(C)C)c2)n1-c1ccc(-c2ccc(C(C)(C)C)cc2)cc1C. The molecule has 4 aromatic rings. The second-order valence-corrected chi connectivity index (χ2v) is 12.9. The summed E-state index contributed by atoms with van der Waals surface area (Å²) in [5.41, 5.74) is 8.71. The van der Waals surface area contributed by atoms with E-state index < -0.39 is 0 Å². The van der Waals surface area contributed by atoms with Crippen molar-refractivity contribution in [2.45, 2.75) is 92.4 Å². The van der Waals surface area contributed by atoms with Crippen LogP contribution in [-0.2, 0) is 17.3 Å². The van der Waals surface area contributed by atoms with Crippen LogP contribution in [0.5, 0.6) is 0 Å². The third kappa shape index (κ3) is 5.93. The molecule has 0 atom stereocenters. The molecule has 0 bridgehead atoms. The smallest absolute Gasteiger partial charge is 0.168 e. The predicted octanol–water partition coefficient (Wildman–Crippen LogP) is 9.48. The summed E-state index contributed by atoms with van der Waals surface area (Å²) in [6, 6.07) is 24.6. The summed E-state index contributed by atoms with van der Waals surface area (Å²) < 4.78 is 2.31. The van der Waals surface area contributed by atoms with Gasteiger partial charge in [0.1, 0.15) is 5.82 Å². The zero-order valence-corrected chi connectivity index (χ0v) is 24.9. The van der Waals surface area contributed by atoms with Gasteiger partial charge in [-0.1, -0.05) is 110 Å². The van der Waals surface area contributed by atoms with E-state index in [4.69, 9.17) is 10.2 Å². The first-order valence-electron chi connectivity index (χ1n) is 14.2. The number of rotatable bonds is 8. The van der Waals surface area contributed by atoms with E-state index in [2.05, 4.69) is 134 Å². The first kappa shape index (κ1) is 27.8.